The third-order valence-electron chi connectivity index (χ3n) is 6.16. The molecule has 1 aromatic rings. The quantitative estimate of drug-likeness (QED) is 0.396. The van der Waals surface area contributed by atoms with Crippen molar-refractivity contribution in [2.24, 2.45) is 5.92 Å². The lowest BCUT2D eigenvalue weighted by molar-refractivity contribution is -0.137. The summed E-state index contributed by atoms with van der Waals surface area (Å²) < 4.78 is 16.1. The SMILES string of the molecule is CCOC(=O)/C=C1/c2ccccc2[C@H]2[C@@H]1[C@H]1C[C@@H]2N(C(=O)OC(C)C)N1C(=O)OC(C)C. The van der Waals surface area contributed by atoms with Crippen LogP contribution in [0.15, 0.2) is 30.3 Å². The standard InChI is InChI=1S/C24H30N2O6/c1-6-30-20(27)11-17-15-9-7-8-10-16(15)21-18-12-19(22(17)21)26(24(29)32-14(4)5)25(18)23(28)31-13(2)3/h7-11,13-14,18-19,21-22H,6,12H2,1-5H3/b17-11-/t18-,19+,21+,22-/m0/s1. The van der Waals surface area contributed by atoms with E-state index in [0.717, 1.165) is 16.7 Å². The van der Waals surface area contributed by atoms with Crippen LogP contribution in [0.1, 0.15) is 58.1 Å². The Bertz CT molecular complexity index is 956. The fraction of sp³-hybridized carbons (Fsp3) is 0.542. The highest BCUT2D eigenvalue weighted by Crippen LogP contribution is 2.60. The summed E-state index contributed by atoms with van der Waals surface area (Å²) >= 11 is 0. The number of benzene rings is 1. The molecule has 2 fully saturated rings. The lowest BCUT2D eigenvalue weighted by Crippen LogP contribution is -2.58. The zero-order valence-electron chi connectivity index (χ0n) is 19.1. The molecular formula is C24H30N2O6. The average Bonchev–Trinajstić information content (AvgIpc) is 3.36. The van der Waals surface area contributed by atoms with E-state index in [0.29, 0.717) is 6.42 Å². The van der Waals surface area contributed by atoms with E-state index in [4.69, 9.17) is 14.2 Å². The Morgan fingerprint density at radius 1 is 0.969 bits per heavy atom. The Morgan fingerprint density at radius 2 is 1.53 bits per heavy atom. The molecule has 8 heteroatoms. The maximum atomic E-state index is 13.1. The fourth-order valence-electron chi connectivity index (χ4n) is 5.32. The Balaban J connectivity index is 1.78. The minimum atomic E-state index is -0.585. The van der Waals surface area contributed by atoms with E-state index in [9.17, 15) is 14.4 Å². The molecule has 1 saturated carbocycles. The van der Waals surface area contributed by atoms with Crippen LogP contribution in [0.5, 0.6) is 0 Å². The molecule has 2 amide bonds. The van der Waals surface area contributed by atoms with Crippen molar-refractivity contribution in [2.75, 3.05) is 6.61 Å². The largest absolute Gasteiger partial charge is 0.463 e. The molecule has 1 heterocycles. The molecule has 0 N–H and O–H groups in total. The van der Waals surface area contributed by atoms with Gasteiger partial charge in [0.15, 0.2) is 0 Å². The van der Waals surface area contributed by atoms with Gasteiger partial charge in [0, 0.05) is 17.9 Å². The lowest BCUT2D eigenvalue weighted by atomic mass is 9.88. The highest BCUT2D eigenvalue weighted by Gasteiger charge is 2.64. The van der Waals surface area contributed by atoms with Crippen LogP contribution in [0.25, 0.3) is 5.57 Å². The molecule has 0 spiro atoms. The van der Waals surface area contributed by atoms with E-state index in [2.05, 4.69) is 0 Å². The van der Waals surface area contributed by atoms with E-state index >= 15 is 0 Å². The van der Waals surface area contributed by atoms with Gasteiger partial charge in [-0.05, 0) is 57.7 Å². The smallest absolute Gasteiger partial charge is 0.429 e. The van der Waals surface area contributed by atoms with Crippen LogP contribution in [-0.4, -0.2) is 59.1 Å². The van der Waals surface area contributed by atoms with Crippen LogP contribution in [0.3, 0.4) is 0 Å². The van der Waals surface area contributed by atoms with Crippen molar-refractivity contribution in [3.8, 4) is 0 Å². The van der Waals surface area contributed by atoms with Crippen LogP contribution >= 0.6 is 0 Å². The number of nitrogens with zero attached hydrogens (tertiary/aromatic N) is 2. The van der Waals surface area contributed by atoms with Crippen LogP contribution < -0.4 is 0 Å². The minimum absolute atomic E-state index is 0.0420. The van der Waals surface area contributed by atoms with Crippen LogP contribution in [0.2, 0.25) is 0 Å². The molecule has 4 atom stereocenters. The van der Waals surface area contributed by atoms with Gasteiger partial charge in [-0.1, -0.05) is 24.3 Å². The molecule has 8 nitrogen and oxygen atoms in total. The van der Waals surface area contributed by atoms with Crippen molar-refractivity contribution in [2.45, 2.75) is 71.2 Å². The summed E-state index contributed by atoms with van der Waals surface area (Å²) in [4.78, 5) is 38.5. The number of hydrazine groups is 1. The number of hydrogen-bond donors (Lipinski definition) is 0. The maximum absolute atomic E-state index is 13.1. The Kier molecular flexibility index (Phi) is 5.88. The van der Waals surface area contributed by atoms with Crippen molar-refractivity contribution in [1.82, 2.24) is 10.0 Å². The van der Waals surface area contributed by atoms with Crippen molar-refractivity contribution >= 4 is 23.7 Å². The van der Waals surface area contributed by atoms with Gasteiger partial charge in [0.05, 0.1) is 30.9 Å². The van der Waals surface area contributed by atoms with Crippen molar-refractivity contribution in [3.05, 3.63) is 41.5 Å². The predicted molar refractivity (Wildman–Crippen MR) is 116 cm³/mol. The number of amides is 2. The number of hydrogen-bond acceptors (Lipinski definition) is 6. The van der Waals surface area contributed by atoms with Crippen LogP contribution in [0.4, 0.5) is 9.59 Å². The van der Waals surface area contributed by atoms with Gasteiger partial charge >= 0.3 is 18.2 Å². The Labute approximate surface area is 188 Å². The molecule has 172 valence electrons. The summed E-state index contributed by atoms with van der Waals surface area (Å²) in [5.41, 5.74) is 2.87. The van der Waals surface area contributed by atoms with E-state index < -0.39 is 18.2 Å². The van der Waals surface area contributed by atoms with E-state index in [1.165, 1.54) is 16.1 Å². The summed E-state index contributed by atoms with van der Waals surface area (Å²) in [6.07, 6.45) is 0.317. The monoisotopic (exact) mass is 442 g/mol. The van der Waals surface area contributed by atoms with Crippen molar-refractivity contribution in [3.63, 3.8) is 0 Å². The van der Waals surface area contributed by atoms with Crippen molar-refractivity contribution < 1.29 is 28.6 Å². The first-order valence-electron chi connectivity index (χ1n) is 11.2. The van der Waals surface area contributed by atoms with Crippen molar-refractivity contribution in [1.29, 1.82) is 0 Å². The summed E-state index contributed by atoms with van der Waals surface area (Å²) in [5, 5.41) is 2.84. The number of carbonyl (C=O) groups is 3. The molecule has 0 radical (unpaired) electrons. The number of ether oxygens (including phenoxy) is 3. The van der Waals surface area contributed by atoms with Gasteiger partial charge < -0.3 is 14.2 Å². The maximum Gasteiger partial charge on any atom is 0.429 e. The number of rotatable bonds is 4. The molecule has 2 aliphatic carbocycles. The second-order valence-corrected chi connectivity index (χ2v) is 8.92. The van der Waals surface area contributed by atoms with Gasteiger partial charge in [0.1, 0.15) is 0 Å². The van der Waals surface area contributed by atoms with Gasteiger partial charge in [-0.3, -0.25) is 0 Å². The van der Waals surface area contributed by atoms with Gasteiger partial charge in [-0.25, -0.2) is 24.4 Å². The van der Waals surface area contributed by atoms with Gasteiger partial charge in [0.25, 0.3) is 0 Å². The second kappa shape index (κ2) is 8.48. The predicted octanol–water partition coefficient (Wildman–Crippen LogP) is 4.11. The Hall–Kier alpha value is -3.03. The summed E-state index contributed by atoms with van der Waals surface area (Å²) in [7, 11) is 0. The van der Waals surface area contributed by atoms with Crippen LogP contribution in [0, 0.1) is 5.92 Å². The second-order valence-electron chi connectivity index (χ2n) is 8.92. The first kappa shape index (κ1) is 22.2. The Morgan fingerprint density at radius 3 is 2.09 bits per heavy atom. The summed E-state index contributed by atoms with van der Waals surface area (Å²) in [5.74, 6) is -0.586. The van der Waals surface area contributed by atoms with Gasteiger partial charge in [-0.2, -0.15) is 0 Å². The molecule has 0 aromatic heterocycles. The highest BCUT2D eigenvalue weighted by molar-refractivity contribution is 5.95. The third-order valence-corrected chi connectivity index (χ3v) is 6.16. The molecular weight excluding hydrogens is 412 g/mol. The normalized spacial score (nSPS) is 26.5. The molecule has 1 aliphatic heterocycles. The topological polar surface area (TPSA) is 85.4 Å². The molecule has 32 heavy (non-hydrogen) atoms. The molecule has 2 bridgehead atoms. The molecule has 0 unspecified atom stereocenters. The zero-order valence-corrected chi connectivity index (χ0v) is 19.1. The third kappa shape index (κ3) is 3.61. The summed E-state index contributed by atoms with van der Waals surface area (Å²) in [6, 6.07) is 7.29. The highest BCUT2D eigenvalue weighted by atomic mass is 16.6. The first-order chi connectivity index (χ1) is 15.2. The minimum Gasteiger partial charge on any atom is -0.463 e. The lowest BCUT2D eigenvalue weighted by Gasteiger charge is -2.42. The number of fused-ring (bicyclic) bond motifs is 7. The molecule has 1 aromatic carbocycles. The van der Waals surface area contributed by atoms with E-state index in [1.54, 1.807) is 34.6 Å². The summed E-state index contributed by atoms with van der Waals surface area (Å²) in [6.45, 7) is 9.13. The molecule has 3 aliphatic rings. The van der Waals surface area contributed by atoms with E-state index in [-0.39, 0.29) is 42.7 Å². The number of carbonyl (C=O) groups excluding carboxylic acids is 3. The molecule has 1 saturated heterocycles. The zero-order chi connectivity index (χ0) is 23.2. The first-order valence-corrected chi connectivity index (χ1v) is 11.2. The molecule has 4 rings (SSSR count). The van der Waals surface area contributed by atoms with Crippen LogP contribution in [-0.2, 0) is 19.0 Å². The average molecular weight is 443 g/mol. The number of esters is 1. The van der Waals surface area contributed by atoms with Gasteiger partial charge in [-0.15, -0.1) is 0 Å². The van der Waals surface area contributed by atoms with Gasteiger partial charge in [0.2, 0.25) is 0 Å². The van der Waals surface area contributed by atoms with E-state index in [1.807, 2.05) is 24.3 Å². The fourth-order valence-corrected chi connectivity index (χ4v) is 5.32.